The summed E-state index contributed by atoms with van der Waals surface area (Å²) in [7, 11) is 5.40. The number of nitrogens with zero attached hydrogens (tertiary/aromatic N) is 3. The number of benzene rings is 2. The highest BCUT2D eigenvalue weighted by Gasteiger charge is 2.27. The molecule has 0 atom stereocenters. The molecule has 1 aliphatic rings. The first-order chi connectivity index (χ1) is 13.5. The molecule has 0 radical (unpaired) electrons. The molecule has 6 nitrogen and oxygen atoms in total. The highest BCUT2D eigenvalue weighted by Crippen LogP contribution is 2.40. The van der Waals surface area contributed by atoms with Gasteiger partial charge in [-0.3, -0.25) is 4.79 Å². The largest absolute Gasteiger partial charge is 0.497 e. The third kappa shape index (κ3) is 2.93. The molecule has 28 heavy (non-hydrogen) atoms. The minimum absolute atomic E-state index is 0.0466. The van der Waals surface area contributed by atoms with Gasteiger partial charge in [0, 0.05) is 25.8 Å². The highest BCUT2D eigenvalue weighted by atomic mass is 16.5. The van der Waals surface area contributed by atoms with E-state index in [1.54, 1.807) is 25.3 Å². The Labute approximate surface area is 164 Å². The molecular formula is C22H22N4O2. The summed E-state index contributed by atoms with van der Waals surface area (Å²) in [6.07, 6.45) is 1.73. The number of ether oxygens (including phenoxy) is 1. The second-order valence-electron chi connectivity index (χ2n) is 6.80. The van der Waals surface area contributed by atoms with Crippen LogP contribution in [0.25, 0.3) is 0 Å². The number of pyridine rings is 1. The molecule has 0 fully saturated rings. The summed E-state index contributed by atoms with van der Waals surface area (Å²) in [5, 5.41) is 3.37. The van der Waals surface area contributed by atoms with E-state index in [1.807, 2.05) is 67.4 Å². The first kappa shape index (κ1) is 17.9. The summed E-state index contributed by atoms with van der Waals surface area (Å²) in [5.74, 6) is 1.48. The van der Waals surface area contributed by atoms with Crippen molar-refractivity contribution in [2.75, 3.05) is 36.3 Å². The van der Waals surface area contributed by atoms with Gasteiger partial charge in [0.25, 0.3) is 5.91 Å². The van der Waals surface area contributed by atoms with Crippen molar-refractivity contribution in [3.8, 4) is 5.75 Å². The van der Waals surface area contributed by atoms with Gasteiger partial charge in [-0.05, 0) is 42.8 Å². The molecule has 1 N–H and O–H groups in total. The lowest BCUT2D eigenvalue weighted by atomic mass is 10.1. The summed E-state index contributed by atoms with van der Waals surface area (Å²) in [6.45, 7) is 2.02. The Bertz CT molecular complexity index is 1060. The van der Waals surface area contributed by atoms with Crippen molar-refractivity contribution >= 4 is 34.5 Å². The van der Waals surface area contributed by atoms with E-state index in [0.717, 1.165) is 34.1 Å². The number of anilines is 5. The molecule has 6 heteroatoms. The number of amides is 1. The molecule has 0 aliphatic carbocycles. The van der Waals surface area contributed by atoms with Crippen molar-refractivity contribution in [2.24, 2.45) is 0 Å². The van der Waals surface area contributed by atoms with E-state index < -0.39 is 0 Å². The zero-order valence-electron chi connectivity index (χ0n) is 16.4. The number of hydrogen-bond donors (Lipinski definition) is 1. The molecule has 0 spiro atoms. The number of para-hydroxylation sites is 1. The fourth-order valence-corrected chi connectivity index (χ4v) is 3.44. The van der Waals surface area contributed by atoms with Gasteiger partial charge in [0.05, 0.1) is 35.9 Å². The average molecular weight is 374 g/mol. The van der Waals surface area contributed by atoms with Crippen molar-refractivity contribution in [1.29, 1.82) is 0 Å². The van der Waals surface area contributed by atoms with Crippen LogP contribution in [0, 0.1) is 6.92 Å². The predicted molar refractivity (Wildman–Crippen MR) is 112 cm³/mol. The maximum absolute atomic E-state index is 12.9. The maximum atomic E-state index is 12.9. The fraction of sp³-hybridized carbons (Fsp3) is 0.182. The van der Waals surface area contributed by atoms with Crippen LogP contribution in [0.5, 0.6) is 5.75 Å². The van der Waals surface area contributed by atoms with Crippen LogP contribution in [0.3, 0.4) is 0 Å². The topological polar surface area (TPSA) is 57.7 Å². The molecule has 4 rings (SSSR count). The monoisotopic (exact) mass is 374 g/mol. The lowest BCUT2D eigenvalue weighted by Crippen LogP contribution is -2.25. The van der Waals surface area contributed by atoms with Gasteiger partial charge in [-0.1, -0.05) is 12.1 Å². The van der Waals surface area contributed by atoms with Crippen molar-refractivity contribution in [3.63, 3.8) is 0 Å². The van der Waals surface area contributed by atoms with Crippen LogP contribution in [-0.2, 0) is 0 Å². The molecular weight excluding hydrogens is 352 g/mol. The molecule has 142 valence electrons. The number of fused-ring (bicyclic) bond motifs is 2. The van der Waals surface area contributed by atoms with E-state index in [-0.39, 0.29) is 5.91 Å². The van der Waals surface area contributed by atoms with Crippen LogP contribution >= 0.6 is 0 Å². The number of aromatic nitrogens is 1. The molecule has 3 aromatic rings. The lowest BCUT2D eigenvalue weighted by Gasteiger charge is -2.23. The second-order valence-corrected chi connectivity index (χ2v) is 6.80. The molecule has 1 amide bonds. The summed E-state index contributed by atoms with van der Waals surface area (Å²) in [4.78, 5) is 21.1. The molecule has 2 heterocycles. The fourth-order valence-electron chi connectivity index (χ4n) is 3.44. The van der Waals surface area contributed by atoms with E-state index in [9.17, 15) is 4.79 Å². The van der Waals surface area contributed by atoms with E-state index in [2.05, 4.69) is 10.3 Å². The third-order valence-corrected chi connectivity index (χ3v) is 5.08. The van der Waals surface area contributed by atoms with Gasteiger partial charge in [-0.25, -0.2) is 4.98 Å². The van der Waals surface area contributed by atoms with Gasteiger partial charge in [-0.2, -0.15) is 0 Å². The Kier molecular flexibility index (Phi) is 4.39. The Morgan fingerprint density at radius 1 is 0.964 bits per heavy atom. The van der Waals surface area contributed by atoms with E-state index >= 15 is 0 Å². The Balaban J connectivity index is 1.75. The molecule has 2 aromatic carbocycles. The summed E-state index contributed by atoms with van der Waals surface area (Å²) in [5.41, 5.74) is 5.22. The lowest BCUT2D eigenvalue weighted by molar-refractivity contribution is 0.0994. The van der Waals surface area contributed by atoms with Crippen molar-refractivity contribution < 1.29 is 9.53 Å². The minimum atomic E-state index is -0.0466. The summed E-state index contributed by atoms with van der Waals surface area (Å²) >= 11 is 0. The van der Waals surface area contributed by atoms with Crippen molar-refractivity contribution in [1.82, 2.24) is 4.98 Å². The minimum Gasteiger partial charge on any atom is -0.497 e. The first-order valence-electron chi connectivity index (χ1n) is 9.02. The van der Waals surface area contributed by atoms with Crippen LogP contribution in [0.4, 0.5) is 28.6 Å². The van der Waals surface area contributed by atoms with Gasteiger partial charge in [0.2, 0.25) is 0 Å². The number of aryl methyl sites for hydroxylation is 1. The number of hydrogen-bond acceptors (Lipinski definition) is 5. The van der Waals surface area contributed by atoms with Gasteiger partial charge in [0.1, 0.15) is 11.6 Å². The number of methoxy groups -OCH3 is 1. The van der Waals surface area contributed by atoms with Crippen molar-refractivity contribution in [2.45, 2.75) is 6.92 Å². The van der Waals surface area contributed by atoms with Crippen LogP contribution < -0.4 is 19.9 Å². The molecule has 1 aromatic heterocycles. The second kappa shape index (κ2) is 6.88. The van der Waals surface area contributed by atoms with Gasteiger partial charge in [-0.15, -0.1) is 0 Å². The standard InChI is InChI=1S/C22H22N4O2/c1-14-11-15(28-4)9-10-17(14)24-21-12-19-20(13-23-21)26(3)22(27)16-7-5-6-8-18(16)25(19)2/h5-13H,1-4H3,(H,23,24). The maximum Gasteiger partial charge on any atom is 0.260 e. The van der Waals surface area contributed by atoms with Crippen LogP contribution in [0.1, 0.15) is 15.9 Å². The summed E-state index contributed by atoms with van der Waals surface area (Å²) in [6, 6.07) is 15.4. The van der Waals surface area contributed by atoms with Crippen LogP contribution in [-0.4, -0.2) is 32.1 Å². The summed E-state index contributed by atoms with van der Waals surface area (Å²) < 4.78 is 5.27. The quantitative estimate of drug-likeness (QED) is 0.731. The Morgan fingerprint density at radius 3 is 2.50 bits per heavy atom. The third-order valence-electron chi connectivity index (χ3n) is 5.08. The predicted octanol–water partition coefficient (Wildman–Crippen LogP) is 4.50. The van der Waals surface area contributed by atoms with Crippen molar-refractivity contribution in [3.05, 3.63) is 65.9 Å². The number of rotatable bonds is 3. The average Bonchev–Trinajstić information content (AvgIpc) is 2.80. The molecule has 0 saturated carbocycles. The van der Waals surface area contributed by atoms with E-state index in [1.165, 1.54) is 0 Å². The van der Waals surface area contributed by atoms with Gasteiger partial charge >= 0.3 is 0 Å². The molecule has 0 saturated heterocycles. The Hall–Kier alpha value is -3.54. The normalized spacial score (nSPS) is 12.9. The van der Waals surface area contributed by atoms with Gasteiger partial charge < -0.3 is 19.9 Å². The van der Waals surface area contributed by atoms with Gasteiger partial charge in [0.15, 0.2) is 0 Å². The Morgan fingerprint density at radius 2 is 1.75 bits per heavy atom. The van der Waals surface area contributed by atoms with Crippen LogP contribution in [0.15, 0.2) is 54.7 Å². The molecule has 0 unspecified atom stereocenters. The zero-order chi connectivity index (χ0) is 19.8. The number of carbonyl (C=O) groups is 1. The zero-order valence-corrected chi connectivity index (χ0v) is 16.4. The number of carbonyl (C=O) groups excluding carboxylic acids is 1. The number of nitrogens with one attached hydrogen (secondary N) is 1. The first-order valence-corrected chi connectivity index (χ1v) is 9.02. The smallest absolute Gasteiger partial charge is 0.260 e. The molecule has 0 bridgehead atoms. The van der Waals surface area contributed by atoms with Crippen LogP contribution in [0.2, 0.25) is 0 Å². The van der Waals surface area contributed by atoms with E-state index in [0.29, 0.717) is 11.4 Å². The SMILES string of the molecule is COc1ccc(Nc2cc3c(cn2)N(C)C(=O)c2ccccc2N3C)c(C)c1. The van der Waals surface area contributed by atoms with E-state index in [4.69, 9.17) is 4.74 Å². The molecule has 1 aliphatic heterocycles. The highest BCUT2D eigenvalue weighted by molar-refractivity contribution is 6.13.